The van der Waals surface area contributed by atoms with E-state index in [1.54, 1.807) is 0 Å². The number of fused-ring (bicyclic) bond motifs is 1. The number of hydrogen-bond donors (Lipinski definition) is 2. The van der Waals surface area contributed by atoms with E-state index in [1.807, 2.05) is 25.3 Å². The number of H-pyrrole nitrogens is 1. The predicted molar refractivity (Wildman–Crippen MR) is 102 cm³/mol. The molecule has 2 aromatic rings. The molecule has 0 aliphatic heterocycles. The van der Waals surface area contributed by atoms with Gasteiger partial charge in [-0.05, 0) is 51.2 Å². The largest absolute Gasteiger partial charge is 0.361 e. The fraction of sp³-hybridized carbons (Fsp3) is 0.571. The summed E-state index contributed by atoms with van der Waals surface area (Å²) in [6, 6.07) is 8.27. The van der Waals surface area contributed by atoms with E-state index >= 15 is 0 Å². The Bertz CT molecular complexity index is 715. The second-order valence-electron chi connectivity index (χ2n) is 9.40. The first-order valence-corrected chi connectivity index (χ1v) is 8.77. The Labute approximate surface area is 146 Å². The van der Waals surface area contributed by atoms with Crippen molar-refractivity contribution in [3.8, 4) is 0 Å². The molecule has 3 nitrogen and oxygen atoms in total. The van der Waals surface area contributed by atoms with Crippen LogP contribution in [0.3, 0.4) is 0 Å². The van der Waals surface area contributed by atoms with Gasteiger partial charge in [0, 0.05) is 29.1 Å². The summed E-state index contributed by atoms with van der Waals surface area (Å²) >= 11 is 0. The second kappa shape index (κ2) is 6.36. The van der Waals surface area contributed by atoms with Crippen molar-refractivity contribution in [2.24, 2.45) is 5.41 Å². The van der Waals surface area contributed by atoms with Crippen molar-refractivity contribution in [2.45, 2.75) is 72.4 Å². The summed E-state index contributed by atoms with van der Waals surface area (Å²) in [6.07, 6.45) is 3.29. The zero-order valence-corrected chi connectivity index (χ0v) is 16.2. The van der Waals surface area contributed by atoms with Crippen LogP contribution in [-0.2, 0) is 11.2 Å². The lowest BCUT2D eigenvalue weighted by Gasteiger charge is -2.38. The van der Waals surface area contributed by atoms with Crippen molar-refractivity contribution in [3.05, 3.63) is 36.0 Å². The first-order chi connectivity index (χ1) is 10.9. The van der Waals surface area contributed by atoms with E-state index < -0.39 is 5.54 Å². The summed E-state index contributed by atoms with van der Waals surface area (Å²) in [5, 5.41) is 4.79. The molecular formula is C21H32N2O. The average molecular weight is 329 g/mol. The molecule has 1 aromatic carbocycles. The summed E-state index contributed by atoms with van der Waals surface area (Å²) in [5.41, 5.74) is 1.57. The molecule has 0 aliphatic rings. The number of aromatic nitrogens is 1. The SMILES string of the molecule is CC(C)(C)CC(=O)[C@@](C)(Cc1c[nH]c2ccccc12)NC(C)(C)C. The number of benzene rings is 1. The average Bonchev–Trinajstić information content (AvgIpc) is 2.78. The van der Waals surface area contributed by atoms with Crippen LogP contribution in [0.15, 0.2) is 30.5 Å². The third kappa shape index (κ3) is 4.70. The van der Waals surface area contributed by atoms with E-state index in [-0.39, 0.29) is 16.7 Å². The summed E-state index contributed by atoms with van der Waals surface area (Å²) in [6.45, 7) is 14.8. The molecule has 0 radical (unpaired) electrons. The van der Waals surface area contributed by atoms with Gasteiger partial charge in [-0.25, -0.2) is 0 Å². The Balaban J connectivity index is 2.37. The van der Waals surface area contributed by atoms with E-state index in [0.29, 0.717) is 12.8 Å². The van der Waals surface area contributed by atoms with Crippen LogP contribution in [0.4, 0.5) is 0 Å². The molecular weight excluding hydrogens is 296 g/mol. The topological polar surface area (TPSA) is 44.9 Å². The maximum atomic E-state index is 13.1. The van der Waals surface area contributed by atoms with Crippen molar-refractivity contribution >= 4 is 16.7 Å². The highest BCUT2D eigenvalue weighted by atomic mass is 16.1. The molecule has 132 valence electrons. The van der Waals surface area contributed by atoms with Crippen LogP contribution in [-0.4, -0.2) is 21.8 Å². The third-order valence-electron chi connectivity index (χ3n) is 4.18. The third-order valence-corrected chi connectivity index (χ3v) is 4.18. The monoisotopic (exact) mass is 328 g/mol. The van der Waals surface area contributed by atoms with E-state index in [1.165, 1.54) is 10.9 Å². The normalized spacial score (nSPS) is 15.5. The van der Waals surface area contributed by atoms with Crippen LogP contribution in [0.25, 0.3) is 10.9 Å². The van der Waals surface area contributed by atoms with Crippen molar-refractivity contribution in [3.63, 3.8) is 0 Å². The van der Waals surface area contributed by atoms with Gasteiger partial charge >= 0.3 is 0 Å². The van der Waals surface area contributed by atoms with Gasteiger partial charge in [0.25, 0.3) is 0 Å². The fourth-order valence-corrected chi connectivity index (χ4v) is 3.38. The molecule has 0 aliphatic carbocycles. The molecule has 2 N–H and O–H groups in total. The maximum Gasteiger partial charge on any atom is 0.153 e. The summed E-state index contributed by atoms with van der Waals surface area (Å²) in [4.78, 5) is 16.5. The lowest BCUT2D eigenvalue weighted by atomic mass is 9.78. The Morgan fingerprint density at radius 2 is 1.67 bits per heavy atom. The molecule has 0 spiro atoms. The molecule has 0 fully saturated rings. The van der Waals surface area contributed by atoms with Gasteiger partial charge in [0.2, 0.25) is 0 Å². The minimum Gasteiger partial charge on any atom is -0.361 e. The first kappa shape index (κ1) is 18.7. The number of carbonyl (C=O) groups excluding carboxylic acids is 1. The molecule has 0 saturated carbocycles. The second-order valence-corrected chi connectivity index (χ2v) is 9.40. The number of aromatic amines is 1. The van der Waals surface area contributed by atoms with Crippen molar-refractivity contribution in [1.29, 1.82) is 0 Å². The highest BCUT2D eigenvalue weighted by Crippen LogP contribution is 2.29. The lowest BCUT2D eigenvalue weighted by molar-refractivity contribution is -0.127. The van der Waals surface area contributed by atoms with Gasteiger partial charge in [-0.2, -0.15) is 0 Å². The maximum absolute atomic E-state index is 13.1. The highest BCUT2D eigenvalue weighted by molar-refractivity contribution is 5.90. The van der Waals surface area contributed by atoms with Crippen LogP contribution in [0.2, 0.25) is 0 Å². The van der Waals surface area contributed by atoms with Gasteiger partial charge in [-0.3, -0.25) is 4.79 Å². The highest BCUT2D eigenvalue weighted by Gasteiger charge is 2.38. The Hall–Kier alpha value is -1.61. The van der Waals surface area contributed by atoms with Crippen molar-refractivity contribution in [2.75, 3.05) is 0 Å². The summed E-state index contributed by atoms with van der Waals surface area (Å²) in [5.74, 6) is 0.273. The zero-order chi connectivity index (χ0) is 18.2. The standard InChI is InChI=1S/C21H32N2O/c1-19(2,3)13-18(24)21(7,23-20(4,5)6)12-15-14-22-17-11-9-8-10-16(15)17/h8-11,14,22-23H,12-13H2,1-7H3/t21-/m1/s1. The number of rotatable bonds is 5. The summed E-state index contributed by atoms with van der Waals surface area (Å²) in [7, 11) is 0. The molecule has 1 heterocycles. The molecule has 0 amide bonds. The van der Waals surface area contributed by atoms with Gasteiger partial charge in [0.1, 0.15) is 0 Å². The molecule has 1 aromatic heterocycles. The number of carbonyl (C=O) groups is 1. The molecule has 24 heavy (non-hydrogen) atoms. The van der Waals surface area contributed by atoms with Gasteiger partial charge in [0.05, 0.1) is 5.54 Å². The van der Waals surface area contributed by atoms with Gasteiger partial charge < -0.3 is 10.3 Å². The number of Topliss-reactive ketones (excluding diaryl/α,β-unsaturated/α-hetero) is 1. The quantitative estimate of drug-likeness (QED) is 0.823. The van der Waals surface area contributed by atoms with Gasteiger partial charge in [-0.15, -0.1) is 0 Å². The molecule has 0 saturated heterocycles. The van der Waals surface area contributed by atoms with Crippen LogP contribution in [0, 0.1) is 5.41 Å². The summed E-state index contributed by atoms with van der Waals surface area (Å²) < 4.78 is 0. The minimum atomic E-state index is -0.587. The Morgan fingerprint density at radius 3 is 2.25 bits per heavy atom. The number of hydrogen-bond acceptors (Lipinski definition) is 2. The number of nitrogens with one attached hydrogen (secondary N) is 2. The Morgan fingerprint density at radius 1 is 1.04 bits per heavy atom. The predicted octanol–water partition coefficient (Wildman–Crippen LogP) is 4.86. The van der Waals surface area contributed by atoms with E-state index in [2.05, 4.69) is 64.0 Å². The van der Waals surface area contributed by atoms with Gasteiger partial charge in [0.15, 0.2) is 5.78 Å². The Kier molecular flexibility index (Phi) is 4.96. The number of para-hydroxylation sites is 1. The molecule has 0 unspecified atom stereocenters. The minimum absolute atomic E-state index is 0.0158. The lowest BCUT2D eigenvalue weighted by Crippen LogP contribution is -2.58. The van der Waals surface area contributed by atoms with E-state index in [0.717, 1.165) is 5.52 Å². The van der Waals surface area contributed by atoms with Crippen LogP contribution < -0.4 is 5.32 Å². The molecule has 0 bridgehead atoms. The van der Waals surface area contributed by atoms with Gasteiger partial charge in [-0.1, -0.05) is 39.0 Å². The molecule has 2 rings (SSSR count). The fourth-order valence-electron chi connectivity index (χ4n) is 3.38. The zero-order valence-electron chi connectivity index (χ0n) is 16.2. The molecule has 1 atom stereocenters. The van der Waals surface area contributed by atoms with E-state index in [4.69, 9.17) is 0 Å². The first-order valence-electron chi connectivity index (χ1n) is 8.77. The van der Waals surface area contributed by atoms with Crippen LogP contribution >= 0.6 is 0 Å². The number of ketones is 1. The smallest absolute Gasteiger partial charge is 0.153 e. The van der Waals surface area contributed by atoms with Crippen LogP contribution in [0.1, 0.15) is 60.5 Å². The molecule has 3 heteroatoms. The van der Waals surface area contributed by atoms with Crippen molar-refractivity contribution < 1.29 is 4.79 Å². The van der Waals surface area contributed by atoms with E-state index in [9.17, 15) is 4.79 Å². The van der Waals surface area contributed by atoms with Crippen LogP contribution in [0.5, 0.6) is 0 Å². The van der Waals surface area contributed by atoms with Crippen molar-refractivity contribution in [1.82, 2.24) is 10.3 Å².